The smallest absolute Gasteiger partial charge is 0.269 e. The van der Waals surface area contributed by atoms with E-state index in [1.54, 1.807) is 28.8 Å². The van der Waals surface area contributed by atoms with Gasteiger partial charge in [-0.2, -0.15) is 0 Å². The molecule has 0 atom stereocenters. The molecule has 0 aliphatic heterocycles. The van der Waals surface area contributed by atoms with E-state index in [9.17, 15) is 23.7 Å². The van der Waals surface area contributed by atoms with Gasteiger partial charge < -0.3 is 5.32 Å². The van der Waals surface area contributed by atoms with Crippen LogP contribution in [0.15, 0.2) is 78.0 Å². The van der Waals surface area contributed by atoms with Gasteiger partial charge in [0.1, 0.15) is 11.6 Å². The van der Waals surface area contributed by atoms with E-state index in [0.717, 1.165) is 5.56 Å². The number of amides is 1. The Balaban J connectivity index is 1.58. The molecule has 4 aromatic rings. The summed E-state index contributed by atoms with van der Waals surface area (Å²) in [6.07, 6.45) is 0. The summed E-state index contributed by atoms with van der Waals surface area (Å²) in [6.45, 7) is 0.0112. The van der Waals surface area contributed by atoms with E-state index in [2.05, 4.69) is 15.5 Å². The van der Waals surface area contributed by atoms with E-state index in [1.807, 2.05) is 0 Å². The average molecular weight is 481 g/mol. The van der Waals surface area contributed by atoms with Gasteiger partial charge in [-0.15, -0.1) is 10.2 Å². The van der Waals surface area contributed by atoms with Gasteiger partial charge in [0, 0.05) is 29.1 Å². The maximum atomic E-state index is 13.2. The molecular formula is C23H17F2N5O3S. The number of carbonyl (C=O) groups is 1. The molecule has 0 aliphatic rings. The molecule has 1 amide bonds. The van der Waals surface area contributed by atoms with Crippen LogP contribution in [0.3, 0.4) is 0 Å². The molecule has 3 aromatic carbocycles. The third kappa shape index (κ3) is 5.44. The first kappa shape index (κ1) is 23.1. The minimum absolute atomic E-state index is 0.0112. The monoisotopic (exact) mass is 481 g/mol. The summed E-state index contributed by atoms with van der Waals surface area (Å²) >= 11 is 1.34. The minimum atomic E-state index is -0.496. The highest BCUT2D eigenvalue weighted by atomic mass is 32.2. The molecule has 4 rings (SSSR count). The lowest BCUT2D eigenvalue weighted by atomic mass is 10.2. The highest BCUT2D eigenvalue weighted by Gasteiger charge is 2.17. The Bertz CT molecular complexity index is 1310. The fraction of sp³-hybridized carbons (Fsp3) is 0.0870. The summed E-state index contributed by atoms with van der Waals surface area (Å²) in [6, 6.07) is 17.1. The molecule has 8 nitrogen and oxygen atoms in total. The fourth-order valence-electron chi connectivity index (χ4n) is 3.08. The molecule has 0 spiro atoms. The van der Waals surface area contributed by atoms with Gasteiger partial charge in [-0.05, 0) is 54.1 Å². The SMILES string of the molecule is O=C(NCc1nnc(SCc2ccc(F)cc2)n1-c1ccc([N+](=O)[O-])cc1)c1ccc(F)cc1. The van der Waals surface area contributed by atoms with Crippen molar-refractivity contribution in [3.05, 3.63) is 111 Å². The van der Waals surface area contributed by atoms with E-state index >= 15 is 0 Å². The number of nitrogens with one attached hydrogen (secondary N) is 1. The summed E-state index contributed by atoms with van der Waals surface area (Å²) in [5.74, 6) is -0.322. The van der Waals surface area contributed by atoms with E-state index in [1.165, 1.54) is 60.3 Å². The Kier molecular flexibility index (Phi) is 6.93. The van der Waals surface area contributed by atoms with Crippen molar-refractivity contribution in [3.63, 3.8) is 0 Å². The Morgan fingerprint density at radius 3 is 2.18 bits per heavy atom. The van der Waals surface area contributed by atoms with Gasteiger partial charge in [0.15, 0.2) is 11.0 Å². The van der Waals surface area contributed by atoms with Crippen molar-refractivity contribution in [3.8, 4) is 5.69 Å². The Labute approximate surface area is 196 Å². The van der Waals surface area contributed by atoms with E-state index in [4.69, 9.17) is 0 Å². The number of hydrogen-bond donors (Lipinski definition) is 1. The van der Waals surface area contributed by atoms with Gasteiger partial charge in [-0.25, -0.2) is 8.78 Å². The van der Waals surface area contributed by atoms with Gasteiger partial charge in [-0.3, -0.25) is 19.5 Å². The highest BCUT2D eigenvalue weighted by molar-refractivity contribution is 7.98. The van der Waals surface area contributed by atoms with Crippen LogP contribution in [0.4, 0.5) is 14.5 Å². The van der Waals surface area contributed by atoms with Gasteiger partial charge in [0.2, 0.25) is 0 Å². The molecule has 34 heavy (non-hydrogen) atoms. The molecule has 11 heteroatoms. The number of carbonyl (C=O) groups excluding carboxylic acids is 1. The number of thioether (sulfide) groups is 1. The Hall–Kier alpha value is -4.12. The lowest BCUT2D eigenvalue weighted by Gasteiger charge is -2.11. The maximum Gasteiger partial charge on any atom is 0.269 e. The van der Waals surface area contributed by atoms with Crippen molar-refractivity contribution in [1.82, 2.24) is 20.1 Å². The predicted octanol–water partition coefficient (Wildman–Crippen LogP) is 4.68. The second kappa shape index (κ2) is 10.2. The summed E-state index contributed by atoms with van der Waals surface area (Å²) in [5, 5.41) is 22.6. The second-order valence-corrected chi connectivity index (χ2v) is 8.05. The first-order valence-electron chi connectivity index (χ1n) is 10.0. The fourth-order valence-corrected chi connectivity index (χ4v) is 4.01. The van der Waals surface area contributed by atoms with Crippen molar-refractivity contribution in [2.45, 2.75) is 17.5 Å². The molecule has 1 N–H and O–H groups in total. The normalized spacial score (nSPS) is 10.8. The predicted molar refractivity (Wildman–Crippen MR) is 122 cm³/mol. The molecular weight excluding hydrogens is 464 g/mol. The van der Waals surface area contributed by atoms with Crippen LogP contribution >= 0.6 is 11.8 Å². The first-order valence-corrected chi connectivity index (χ1v) is 11.0. The van der Waals surface area contributed by atoms with Crippen LogP contribution in [0.5, 0.6) is 0 Å². The number of nitro benzene ring substituents is 1. The number of benzene rings is 3. The maximum absolute atomic E-state index is 13.2. The van der Waals surface area contributed by atoms with Crippen LogP contribution in [0, 0.1) is 21.7 Å². The molecule has 1 aromatic heterocycles. The van der Waals surface area contributed by atoms with Crippen molar-refractivity contribution in [2.24, 2.45) is 0 Å². The van der Waals surface area contributed by atoms with Crippen molar-refractivity contribution in [1.29, 1.82) is 0 Å². The van der Waals surface area contributed by atoms with Crippen molar-refractivity contribution in [2.75, 3.05) is 0 Å². The van der Waals surface area contributed by atoms with Crippen molar-refractivity contribution < 1.29 is 18.5 Å². The summed E-state index contributed by atoms with van der Waals surface area (Å²) < 4.78 is 28.0. The third-order valence-corrected chi connectivity index (χ3v) is 5.81. The number of non-ortho nitro benzene ring substituents is 1. The third-order valence-electron chi connectivity index (χ3n) is 4.81. The summed E-state index contributed by atoms with van der Waals surface area (Å²) in [5.41, 5.74) is 1.66. The van der Waals surface area contributed by atoms with Crippen LogP contribution in [0.1, 0.15) is 21.7 Å². The molecule has 0 unspecified atom stereocenters. The molecule has 172 valence electrons. The number of rotatable bonds is 8. The molecule has 0 bridgehead atoms. The number of hydrogen-bond acceptors (Lipinski definition) is 6. The minimum Gasteiger partial charge on any atom is -0.345 e. The molecule has 0 radical (unpaired) electrons. The lowest BCUT2D eigenvalue weighted by Crippen LogP contribution is -2.24. The van der Waals surface area contributed by atoms with Crippen LogP contribution in [-0.4, -0.2) is 25.6 Å². The summed E-state index contributed by atoms with van der Waals surface area (Å²) in [4.78, 5) is 23.0. The lowest BCUT2D eigenvalue weighted by molar-refractivity contribution is -0.384. The quantitative estimate of drug-likeness (QED) is 0.223. The largest absolute Gasteiger partial charge is 0.345 e. The first-order chi connectivity index (χ1) is 16.4. The number of aromatic nitrogens is 3. The average Bonchev–Trinajstić information content (AvgIpc) is 3.25. The van der Waals surface area contributed by atoms with Gasteiger partial charge in [0.05, 0.1) is 11.5 Å². The molecule has 0 aliphatic carbocycles. The second-order valence-electron chi connectivity index (χ2n) is 7.11. The van der Waals surface area contributed by atoms with E-state index in [-0.39, 0.29) is 23.6 Å². The standard InChI is InChI=1S/C23H17F2N5O3S/c24-17-5-1-15(2-6-17)14-34-23-28-27-21(13-26-22(31)16-3-7-18(25)8-4-16)29(23)19-9-11-20(12-10-19)30(32)33/h1-12H,13-14H2,(H,26,31). The molecule has 0 saturated carbocycles. The van der Waals surface area contributed by atoms with Crippen LogP contribution in [0.25, 0.3) is 5.69 Å². The van der Waals surface area contributed by atoms with Crippen LogP contribution in [0.2, 0.25) is 0 Å². The molecule has 0 saturated heterocycles. The van der Waals surface area contributed by atoms with E-state index in [0.29, 0.717) is 22.4 Å². The Morgan fingerprint density at radius 1 is 0.941 bits per heavy atom. The topological polar surface area (TPSA) is 103 Å². The van der Waals surface area contributed by atoms with Gasteiger partial charge >= 0.3 is 0 Å². The zero-order valence-electron chi connectivity index (χ0n) is 17.5. The van der Waals surface area contributed by atoms with Crippen molar-refractivity contribution >= 4 is 23.4 Å². The number of nitrogens with zero attached hydrogens (tertiary/aromatic N) is 4. The van der Waals surface area contributed by atoms with Crippen LogP contribution < -0.4 is 5.32 Å². The van der Waals surface area contributed by atoms with E-state index < -0.39 is 16.6 Å². The zero-order valence-corrected chi connectivity index (χ0v) is 18.3. The number of halogens is 2. The highest BCUT2D eigenvalue weighted by Crippen LogP contribution is 2.26. The molecule has 1 heterocycles. The van der Waals surface area contributed by atoms with Crippen LogP contribution in [-0.2, 0) is 12.3 Å². The zero-order chi connectivity index (χ0) is 24.1. The Morgan fingerprint density at radius 2 is 1.56 bits per heavy atom. The molecule has 0 fully saturated rings. The van der Waals surface area contributed by atoms with Gasteiger partial charge in [-0.1, -0.05) is 23.9 Å². The summed E-state index contributed by atoms with van der Waals surface area (Å²) in [7, 11) is 0. The van der Waals surface area contributed by atoms with Gasteiger partial charge in [0.25, 0.3) is 11.6 Å². The number of nitro groups is 1.